The number of aryl methyl sites for hydroxylation is 2. The minimum absolute atomic E-state index is 0.248. The summed E-state index contributed by atoms with van der Waals surface area (Å²) in [4.78, 5) is 12.0. The van der Waals surface area contributed by atoms with Crippen LogP contribution < -0.4 is 5.32 Å². The number of para-hydroxylation sites is 1. The van der Waals surface area contributed by atoms with E-state index in [1.165, 1.54) is 11.1 Å². The third-order valence-electron chi connectivity index (χ3n) is 3.39. The van der Waals surface area contributed by atoms with E-state index in [2.05, 4.69) is 37.4 Å². The molecule has 0 aliphatic carbocycles. The molecule has 0 aliphatic heterocycles. The minimum atomic E-state index is -0.371. The highest BCUT2D eigenvalue weighted by molar-refractivity contribution is 5.79. The van der Waals surface area contributed by atoms with Crippen molar-refractivity contribution in [1.29, 1.82) is 0 Å². The van der Waals surface area contributed by atoms with Gasteiger partial charge in [0.1, 0.15) is 12.6 Å². The molecular formula is C17H27NO3. The van der Waals surface area contributed by atoms with Crippen LogP contribution in [0.4, 0.5) is 5.69 Å². The zero-order valence-corrected chi connectivity index (χ0v) is 13.6. The van der Waals surface area contributed by atoms with E-state index in [9.17, 15) is 4.79 Å². The van der Waals surface area contributed by atoms with Crippen molar-refractivity contribution in [2.24, 2.45) is 0 Å². The first-order valence-corrected chi connectivity index (χ1v) is 7.75. The van der Waals surface area contributed by atoms with E-state index in [1.54, 1.807) is 0 Å². The largest absolute Gasteiger partial charge is 0.462 e. The van der Waals surface area contributed by atoms with Crippen LogP contribution in [0.2, 0.25) is 0 Å². The number of carbonyl (C=O) groups excluding carboxylic acids is 1. The highest BCUT2D eigenvalue weighted by Crippen LogP contribution is 2.23. The van der Waals surface area contributed by atoms with E-state index in [0.29, 0.717) is 19.8 Å². The van der Waals surface area contributed by atoms with Gasteiger partial charge in [0.05, 0.1) is 6.61 Å². The van der Waals surface area contributed by atoms with Gasteiger partial charge in [-0.2, -0.15) is 0 Å². The molecule has 1 N–H and O–H groups in total. The average Bonchev–Trinajstić information content (AvgIpc) is 2.51. The molecule has 1 aromatic rings. The summed E-state index contributed by atoms with van der Waals surface area (Å²) >= 11 is 0. The van der Waals surface area contributed by atoms with Crippen molar-refractivity contribution in [1.82, 2.24) is 0 Å². The van der Waals surface area contributed by atoms with Crippen molar-refractivity contribution in [3.8, 4) is 0 Å². The summed E-state index contributed by atoms with van der Waals surface area (Å²) < 4.78 is 10.4. The van der Waals surface area contributed by atoms with Gasteiger partial charge in [-0.15, -0.1) is 0 Å². The maximum atomic E-state index is 12.0. The van der Waals surface area contributed by atoms with Crippen molar-refractivity contribution < 1.29 is 14.3 Å². The van der Waals surface area contributed by atoms with Gasteiger partial charge < -0.3 is 14.8 Å². The van der Waals surface area contributed by atoms with Crippen molar-refractivity contribution in [2.75, 3.05) is 25.1 Å². The highest BCUT2D eigenvalue weighted by Gasteiger charge is 2.16. The van der Waals surface area contributed by atoms with E-state index in [0.717, 1.165) is 18.5 Å². The van der Waals surface area contributed by atoms with E-state index < -0.39 is 0 Å². The fourth-order valence-corrected chi connectivity index (χ4v) is 2.17. The summed E-state index contributed by atoms with van der Waals surface area (Å²) in [7, 11) is 0. The fraction of sp³-hybridized carbons (Fsp3) is 0.588. The number of hydrogen-bond donors (Lipinski definition) is 1. The Labute approximate surface area is 127 Å². The maximum absolute atomic E-state index is 12.0. The number of benzene rings is 1. The van der Waals surface area contributed by atoms with Crippen LogP contribution >= 0.6 is 0 Å². The molecule has 1 atom stereocenters. The molecule has 21 heavy (non-hydrogen) atoms. The van der Waals surface area contributed by atoms with E-state index in [1.807, 2.05) is 13.8 Å². The van der Waals surface area contributed by atoms with Crippen LogP contribution in [0.25, 0.3) is 0 Å². The molecule has 4 nitrogen and oxygen atoms in total. The van der Waals surface area contributed by atoms with Gasteiger partial charge >= 0.3 is 5.97 Å². The molecule has 0 aliphatic rings. The first-order valence-electron chi connectivity index (χ1n) is 7.75. The van der Waals surface area contributed by atoms with Crippen LogP contribution in [0, 0.1) is 0 Å². The Balaban J connectivity index is 2.65. The first-order chi connectivity index (χ1) is 10.1. The molecule has 0 amide bonds. The molecule has 1 rings (SSSR count). The van der Waals surface area contributed by atoms with Crippen LogP contribution in [0.3, 0.4) is 0 Å². The maximum Gasteiger partial charge on any atom is 0.328 e. The number of nitrogens with one attached hydrogen (secondary N) is 1. The minimum Gasteiger partial charge on any atom is -0.462 e. The lowest BCUT2D eigenvalue weighted by Gasteiger charge is -2.19. The Morgan fingerprint density at radius 2 is 1.76 bits per heavy atom. The summed E-state index contributed by atoms with van der Waals surface area (Å²) in [6.45, 7) is 9.36. The molecule has 0 fully saturated rings. The molecule has 0 heterocycles. The van der Waals surface area contributed by atoms with Crippen molar-refractivity contribution >= 4 is 11.7 Å². The van der Waals surface area contributed by atoms with Crippen LogP contribution in [0.15, 0.2) is 18.2 Å². The van der Waals surface area contributed by atoms with Gasteiger partial charge in [-0.1, -0.05) is 32.0 Å². The lowest BCUT2D eigenvalue weighted by molar-refractivity contribution is -0.145. The second kappa shape index (κ2) is 9.40. The zero-order valence-electron chi connectivity index (χ0n) is 13.6. The number of hydrogen-bond acceptors (Lipinski definition) is 4. The Hall–Kier alpha value is -1.55. The van der Waals surface area contributed by atoms with Gasteiger partial charge in [0.25, 0.3) is 0 Å². The molecule has 1 unspecified atom stereocenters. The third-order valence-corrected chi connectivity index (χ3v) is 3.39. The monoisotopic (exact) mass is 293 g/mol. The van der Waals surface area contributed by atoms with Gasteiger partial charge in [-0.25, -0.2) is 4.79 Å². The third kappa shape index (κ3) is 5.38. The number of carbonyl (C=O) groups is 1. The van der Waals surface area contributed by atoms with E-state index in [4.69, 9.17) is 9.47 Å². The summed E-state index contributed by atoms with van der Waals surface area (Å²) in [6, 6.07) is 5.88. The van der Waals surface area contributed by atoms with Gasteiger partial charge in [0.2, 0.25) is 0 Å². The van der Waals surface area contributed by atoms with Crippen molar-refractivity contribution in [2.45, 2.75) is 46.6 Å². The highest BCUT2D eigenvalue weighted by atomic mass is 16.6. The van der Waals surface area contributed by atoms with E-state index >= 15 is 0 Å². The summed E-state index contributed by atoms with van der Waals surface area (Å²) in [6.07, 6.45) is 1.87. The number of rotatable bonds is 9. The smallest absolute Gasteiger partial charge is 0.328 e. The van der Waals surface area contributed by atoms with Crippen molar-refractivity contribution in [3.05, 3.63) is 29.3 Å². The number of anilines is 1. The Morgan fingerprint density at radius 1 is 1.14 bits per heavy atom. The average molecular weight is 293 g/mol. The molecule has 1 aromatic carbocycles. The quantitative estimate of drug-likeness (QED) is 0.561. The second-order valence-electron chi connectivity index (χ2n) is 4.89. The summed E-state index contributed by atoms with van der Waals surface area (Å²) in [5.74, 6) is -0.248. The predicted molar refractivity (Wildman–Crippen MR) is 85.7 cm³/mol. The van der Waals surface area contributed by atoms with Crippen molar-refractivity contribution in [3.63, 3.8) is 0 Å². The zero-order chi connectivity index (χ0) is 15.7. The lowest BCUT2D eigenvalue weighted by atomic mass is 10.0. The molecule has 0 spiro atoms. The molecule has 4 heteroatoms. The van der Waals surface area contributed by atoms with Gasteiger partial charge in [0.15, 0.2) is 0 Å². The number of ether oxygens (including phenoxy) is 2. The lowest BCUT2D eigenvalue weighted by Crippen LogP contribution is -2.30. The summed E-state index contributed by atoms with van der Waals surface area (Å²) in [5, 5.41) is 3.31. The fourth-order valence-electron chi connectivity index (χ4n) is 2.17. The molecule has 0 saturated carbocycles. The standard InChI is InChI=1S/C17H27NO3/c1-5-14-9-8-10-15(6-2)16(14)18-13(4)17(19)21-12-11-20-7-3/h8-10,13,18H,5-7,11-12H2,1-4H3. The van der Waals surface area contributed by atoms with Crippen LogP contribution in [0.1, 0.15) is 38.8 Å². The number of esters is 1. The van der Waals surface area contributed by atoms with E-state index in [-0.39, 0.29) is 12.0 Å². The predicted octanol–water partition coefficient (Wildman–Crippen LogP) is 3.19. The topological polar surface area (TPSA) is 47.6 Å². The molecule has 0 bridgehead atoms. The Morgan fingerprint density at radius 3 is 2.29 bits per heavy atom. The van der Waals surface area contributed by atoms with Gasteiger partial charge in [0, 0.05) is 12.3 Å². The molecular weight excluding hydrogens is 266 g/mol. The first kappa shape index (κ1) is 17.5. The Bertz CT molecular complexity index is 423. The molecule has 0 radical (unpaired) electrons. The molecule has 0 saturated heterocycles. The van der Waals surface area contributed by atoms with Crippen LogP contribution in [-0.4, -0.2) is 31.8 Å². The SMILES string of the molecule is CCOCCOC(=O)C(C)Nc1c(CC)cccc1CC. The Kier molecular flexibility index (Phi) is 7.83. The van der Waals surface area contributed by atoms with Gasteiger partial charge in [-0.05, 0) is 37.8 Å². The van der Waals surface area contributed by atoms with Gasteiger partial charge in [-0.3, -0.25) is 0 Å². The van der Waals surface area contributed by atoms with Crippen LogP contribution in [-0.2, 0) is 27.1 Å². The normalized spacial score (nSPS) is 12.0. The second-order valence-corrected chi connectivity index (χ2v) is 4.89. The summed E-state index contributed by atoms with van der Waals surface area (Å²) in [5.41, 5.74) is 3.52. The molecule has 118 valence electrons. The molecule has 0 aromatic heterocycles. The van der Waals surface area contributed by atoms with Crippen LogP contribution in [0.5, 0.6) is 0 Å².